The van der Waals surface area contributed by atoms with Crippen molar-refractivity contribution in [2.75, 3.05) is 0 Å². The quantitative estimate of drug-likeness (QED) is 0.669. The molecule has 0 aliphatic heterocycles. The third-order valence-electron chi connectivity index (χ3n) is 2.06. The van der Waals surface area contributed by atoms with Crippen LogP contribution >= 0.6 is 0 Å². The molecule has 1 fully saturated rings. The van der Waals surface area contributed by atoms with Crippen molar-refractivity contribution in [2.45, 2.75) is 18.8 Å². The first kappa shape index (κ1) is 7.11. The summed E-state index contributed by atoms with van der Waals surface area (Å²) >= 11 is 0. The molecule has 1 heterocycles. The molecule has 1 N–H and O–H groups in total. The van der Waals surface area contributed by atoms with Gasteiger partial charge in [-0.05, 0) is 18.9 Å². The number of rotatable bonds is 1. The summed E-state index contributed by atoms with van der Waals surface area (Å²) in [6, 6.07) is 5.06. The standard InChI is InChI=1S/C9H8N2O/c10-5-7-3-4-8(12)11-9(7)6-1-2-6/h3-4,6H,1-2H2,(H,11,12). The molecule has 12 heavy (non-hydrogen) atoms. The minimum atomic E-state index is -0.115. The first-order valence-electron chi connectivity index (χ1n) is 3.94. The number of pyridine rings is 1. The largest absolute Gasteiger partial charge is 0.325 e. The average Bonchev–Trinajstić information content (AvgIpc) is 2.87. The number of nitrogens with one attached hydrogen (secondary N) is 1. The van der Waals surface area contributed by atoms with E-state index in [1.807, 2.05) is 0 Å². The molecule has 3 nitrogen and oxygen atoms in total. The fourth-order valence-electron chi connectivity index (χ4n) is 1.28. The number of hydrogen-bond acceptors (Lipinski definition) is 2. The molecular weight excluding hydrogens is 152 g/mol. The minimum absolute atomic E-state index is 0.115. The smallest absolute Gasteiger partial charge is 0.248 e. The van der Waals surface area contributed by atoms with Crippen molar-refractivity contribution in [1.29, 1.82) is 5.26 Å². The van der Waals surface area contributed by atoms with Crippen LogP contribution in [0.2, 0.25) is 0 Å². The van der Waals surface area contributed by atoms with E-state index in [0.717, 1.165) is 18.5 Å². The average molecular weight is 160 g/mol. The second-order valence-electron chi connectivity index (χ2n) is 3.04. The van der Waals surface area contributed by atoms with Crippen LogP contribution < -0.4 is 5.56 Å². The van der Waals surface area contributed by atoms with E-state index in [-0.39, 0.29) is 5.56 Å². The summed E-state index contributed by atoms with van der Waals surface area (Å²) in [5.41, 5.74) is 1.32. The van der Waals surface area contributed by atoms with E-state index in [1.165, 1.54) is 6.07 Å². The highest BCUT2D eigenvalue weighted by Gasteiger charge is 2.26. The molecule has 0 bridgehead atoms. The zero-order valence-electron chi connectivity index (χ0n) is 6.50. The molecule has 0 radical (unpaired) electrons. The van der Waals surface area contributed by atoms with Gasteiger partial charge >= 0.3 is 0 Å². The summed E-state index contributed by atoms with van der Waals surface area (Å²) in [6.07, 6.45) is 2.18. The molecule has 0 amide bonds. The number of H-pyrrole nitrogens is 1. The van der Waals surface area contributed by atoms with Crippen molar-refractivity contribution in [3.8, 4) is 6.07 Å². The van der Waals surface area contributed by atoms with Crippen LogP contribution in [0.3, 0.4) is 0 Å². The van der Waals surface area contributed by atoms with Gasteiger partial charge in [-0.2, -0.15) is 5.26 Å². The van der Waals surface area contributed by atoms with Crippen molar-refractivity contribution >= 4 is 0 Å². The second-order valence-corrected chi connectivity index (χ2v) is 3.04. The van der Waals surface area contributed by atoms with Crippen molar-refractivity contribution in [3.63, 3.8) is 0 Å². The molecule has 1 aromatic heterocycles. The van der Waals surface area contributed by atoms with Crippen molar-refractivity contribution in [2.24, 2.45) is 0 Å². The molecule has 1 aliphatic rings. The van der Waals surface area contributed by atoms with Crippen molar-refractivity contribution < 1.29 is 0 Å². The Morgan fingerprint density at radius 3 is 2.83 bits per heavy atom. The second kappa shape index (κ2) is 2.49. The van der Waals surface area contributed by atoms with E-state index in [0.29, 0.717) is 11.5 Å². The summed E-state index contributed by atoms with van der Waals surface area (Å²) in [5.74, 6) is 0.425. The highest BCUT2D eigenvalue weighted by molar-refractivity contribution is 5.36. The SMILES string of the molecule is N#Cc1ccc(=O)[nH]c1C1CC1. The molecule has 2 rings (SSSR count). The molecule has 0 spiro atoms. The van der Waals surface area contributed by atoms with Crippen LogP contribution in [0.25, 0.3) is 0 Å². The normalized spacial score (nSPS) is 15.6. The molecule has 1 aromatic rings. The van der Waals surface area contributed by atoms with Gasteiger partial charge in [0.1, 0.15) is 6.07 Å². The van der Waals surface area contributed by atoms with Crippen LogP contribution in [0.1, 0.15) is 30.0 Å². The maximum Gasteiger partial charge on any atom is 0.248 e. The Labute approximate surface area is 69.7 Å². The molecule has 1 saturated carbocycles. The van der Waals surface area contributed by atoms with E-state index in [2.05, 4.69) is 11.1 Å². The zero-order valence-corrected chi connectivity index (χ0v) is 6.50. The highest BCUT2D eigenvalue weighted by atomic mass is 16.1. The molecule has 0 atom stereocenters. The summed E-state index contributed by atoms with van der Waals surface area (Å²) in [4.78, 5) is 13.6. The van der Waals surface area contributed by atoms with Crippen molar-refractivity contribution in [3.05, 3.63) is 33.7 Å². The molecule has 0 unspecified atom stereocenters. The molecule has 0 aromatic carbocycles. The van der Waals surface area contributed by atoms with Gasteiger partial charge < -0.3 is 4.98 Å². The number of aromatic nitrogens is 1. The fraction of sp³-hybridized carbons (Fsp3) is 0.333. The molecule has 60 valence electrons. The van der Waals surface area contributed by atoms with E-state index in [1.54, 1.807) is 6.07 Å². The number of nitrogens with zero attached hydrogens (tertiary/aromatic N) is 1. The third kappa shape index (κ3) is 1.12. The van der Waals surface area contributed by atoms with E-state index in [4.69, 9.17) is 5.26 Å². The molecule has 0 saturated heterocycles. The Balaban J connectivity index is 2.55. The molecule has 1 aliphatic carbocycles. The highest BCUT2D eigenvalue weighted by Crippen LogP contribution is 2.39. The fourth-order valence-corrected chi connectivity index (χ4v) is 1.28. The number of aromatic amines is 1. The summed E-state index contributed by atoms with van der Waals surface area (Å²) in [5, 5.41) is 8.71. The van der Waals surface area contributed by atoms with Gasteiger partial charge in [-0.1, -0.05) is 0 Å². The van der Waals surface area contributed by atoms with Gasteiger partial charge in [-0.3, -0.25) is 4.79 Å². The number of hydrogen-bond donors (Lipinski definition) is 1. The van der Waals surface area contributed by atoms with E-state index < -0.39 is 0 Å². The van der Waals surface area contributed by atoms with Gasteiger partial charge in [-0.15, -0.1) is 0 Å². The third-order valence-corrected chi connectivity index (χ3v) is 2.06. The van der Waals surface area contributed by atoms with Gasteiger partial charge in [0.2, 0.25) is 5.56 Å². The Morgan fingerprint density at radius 2 is 2.25 bits per heavy atom. The topological polar surface area (TPSA) is 56.6 Å². The Morgan fingerprint density at radius 1 is 1.50 bits per heavy atom. The maximum atomic E-state index is 10.9. The van der Waals surface area contributed by atoms with Crippen LogP contribution in [0.5, 0.6) is 0 Å². The van der Waals surface area contributed by atoms with Gasteiger partial charge in [0.15, 0.2) is 0 Å². The van der Waals surface area contributed by atoms with Crippen LogP contribution in [0.15, 0.2) is 16.9 Å². The number of nitriles is 1. The van der Waals surface area contributed by atoms with Crippen LogP contribution in [0.4, 0.5) is 0 Å². The Bertz CT molecular complexity index is 396. The van der Waals surface area contributed by atoms with Crippen LogP contribution in [-0.2, 0) is 0 Å². The first-order valence-corrected chi connectivity index (χ1v) is 3.94. The lowest BCUT2D eigenvalue weighted by Gasteiger charge is -1.98. The van der Waals surface area contributed by atoms with E-state index >= 15 is 0 Å². The Kier molecular flexibility index (Phi) is 1.47. The molecular formula is C9H8N2O. The van der Waals surface area contributed by atoms with Crippen LogP contribution in [-0.4, -0.2) is 4.98 Å². The first-order chi connectivity index (χ1) is 5.81. The summed E-state index contributed by atoms with van der Waals surface area (Å²) in [6.45, 7) is 0. The Hall–Kier alpha value is -1.56. The lowest BCUT2D eigenvalue weighted by molar-refractivity contribution is 0.989. The summed E-state index contributed by atoms with van der Waals surface area (Å²) < 4.78 is 0. The predicted molar refractivity (Wildman–Crippen MR) is 43.8 cm³/mol. The van der Waals surface area contributed by atoms with Gasteiger partial charge in [-0.25, -0.2) is 0 Å². The lowest BCUT2D eigenvalue weighted by Crippen LogP contribution is -2.07. The van der Waals surface area contributed by atoms with Crippen LogP contribution in [0, 0.1) is 11.3 Å². The zero-order chi connectivity index (χ0) is 8.55. The summed E-state index contributed by atoms with van der Waals surface area (Å²) in [7, 11) is 0. The minimum Gasteiger partial charge on any atom is -0.325 e. The van der Waals surface area contributed by atoms with Gasteiger partial charge in [0.05, 0.1) is 5.56 Å². The van der Waals surface area contributed by atoms with Gasteiger partial charge in [0.25, 0.3) is 0 Å². The molecule has 3 heteroatoms. The van der Waals surface area contributed by atoms with Gasteiger partial charge in [0, 0.05) is 17.7 Å². The monoisotopic (exact) mass is 160 g/mol. The van der Waals surface area contributed by atoms with Crippen molar-refractivity contribution in [1.82, 2.24) is 4.98 Å². The van der Waals surface area contributed by atoms with E-state index in [9.17, 15) is 4.79 Å². The predicted octanol–water partition coefficient (Wildman–Crippen LogP) is 1.12. The lowest BCUT2D eigenvalue weighted by atomic mass is 10.1. The maximum absolute atomic E-state index is 10.9.